The third kappa shape index (κ3) is 3.74. The predicted octanol–water partition coefficient (Wildman–Crippen LogP) is 4.21. The molecule has 0 amide bonds. The minimum absolute atomic E-state index is 0.0749. The first-order valence-corrected chi connectivity index (χ1v) is 12.5. The number of aromatic amines is 1. The number of imidazole rings is 2. The van der Waals surface area contributed by atoms with Crippen LogP contribution in [-0.4, -0.2) is 52.8 Å². The number of rotatable bonds is 5. The minimum Gasteiger partial charge on any atom is -0.393 e. The van der Waals surface area contributed by atoms with Crippen LogP contribution in [0.4, 0.5) is 24.9 Å². The lowest BCUT2D eigenvalue weighted by molar-refractivity contribution is 0.125. The van der Waals surface area contributed by atoms with Crippen LogP contribution in [0.2, 0.25) is 0 Å². The van der Waals surface area contributed by atoms with Gasteiger partial charge in [0.2, 0.25) is 5.95 Å². The van der Waals surface area contributed by atoms with Crippen molar-refractivity contribution in [3.63, 3.8) is 0 Å². The topological polar surface area (TPSA) is 108 Å². The number of benzene rings is 2. The Labute approximate surface area is 214 Å². The number of hydrogen-bond acceptors (Lipinski definition) is 7. The molecule has 0 spiro atoms. The first-order chi connectivity index (χ1) is 18.4. The minimum atomic E-state index is -1.01. The summed E-state index contributed by atoms with van der Waals surface area (Å²) < 4.78 is 43.6. The van der Waals surface area contributed by atoms with Gasteiger partial charge in [-0.3, -0.25) is 4.57 Å². The Balaban J connectivity index is 1.30. The number of fused-ring (bicyclic) bond motifs is 4. The molecular weight excluding hydrogens is 497 g/mol. The second-order valence-corrected chi connectivity index (χ2v) is 9.85. The number of aromatic nitrogens is 6. The second-order valence-electron chi connectivity index (χ2n) is 9.85. The second kappa shape index (κ2) is 8.69. The summed E-state index contributed by atoms with van der Waals surface area (Å²) in [4.78, 5) is 23.5. The van der Waals surface area contributed by atoms with Gasteiger partial charge in [0, 0.05) is 12.1 Å². The van der Waals surface area contributed by atoms with Crippen LogP contribution < -0.4 is 10.2 Å². The number of aliphatic hydroxyl groups is 1. The van der Waals surface area contributed by atoms with Crippen LogP contribution in [-0.2, 0) is 6.54 Å². The molecule has 9 nitrogen and oxygen atoms in total. The molecular formula is C26H23F3N8O. The molecule has 3 N–H and O–H groups in total. The number of piperidine rings is 1. The summed E-state index contributed by atoms with van der Waals surface area (Å²) in [6.07, 6.45) is 4.39. The molecule has 3 atom stereocenters. The van der Waals surface area contributed by atoms with Crippen molar-refractivity contribution in [2.75, 3.05) is 10.2 Å². The van der Waals surface area contributed by atoms with E-state index in [4.69, 9.17) is 9.97 Å². The van der Waals surface area contributed by atoms with Crippen molar-refractivity contribution in [2.45, 2.75) is 50.4 Å². The Hall–Kier alpha value is -4.19. The van der Waals surface area contributed by atoms with Gasteiger partial charge in [-0.05, 0) is 56.0 Å². The van der Waals surface area contributed by atoms with E-state index < -0.39 is 11.6 Å². The normalized spacial score (nSPS) is 21.1. The van der Waals surface area contributed by atoms with Crippen molar-refractivity contribution in [1.29, 1.82) is 0 Å². The number of halogens is 3. The Morgan fingerprint density at radius 2 is 1.82 bits per heavy atom. The number of aliphatic hydroxyl groups excluding tert-OH is 1. The molecule has 2 unspecified atom stereocenters. The highest BCUT2D eigenvalue weighted by Crippen LogP contribution is 2.39. The Kier molecular flexibility index (Phi) is 5.25. The van der Waals surface area contributed by atoms with Crippen molar-refractivity contribution in [3.8, 4) is 5.69 Å². The van der Waals surface area contributed by atoms with E-state index in [0.717, 1.165) is 18.9 Å². The molecule has 2 bridgehead atoms. The molecule has 2 saturated heterocycles. The largest absolute Gasteiger partial charge is 0.393 e. The maximum absolute atomic E-state index is 14.2. The molecule has 12 heteroatoms. The lowest BCUT2D eigenvalue weighted by atomic mass is 10.0. The number of nitrogens with zero attached hydrogens (tertiary/aromatic N) is 6. The molecule has 0 radical (unpaired) electrons. The summed E-state index contributed by atoms with van der Waals surface area (Å²) in [6.45, 7) is 0.139. The van der Waals surface area contributed by atoms with E-state index in [1.807, 2.05) is 0 Å². The Bertz CT molecular complexity index is 1670. The molecule has 194 valence electrons. The van der Waals surface area contributed by atoms with Crippen LogP contribution in [0.15, 0.2) is 42.7 Å². The zero-order valence-electron chi connectivity index (χ0n) is 20.1. The van der Waals surface area contributed by atoms with E-state index in [9.17, 15) is 18.3 Å². The van der Waals surface area contributed by atoms with Crippen molar-refractivity contribution in [2.24, 2.45) is 0 Å². The molecule has 2 fully saturated rings. The van der Waals surface area contributed by atoms with E-state index >= 15 is 0 Å². The highest BCUT2D eigenvalue weighted by atomic mass is 19.2. The van der Waals surface area contributed by atoms with Gasteiger partial charge in [0.25, 0.3) is 0 Å². The van der Waals surface area contributed by atoms with E-state index in [1.54, 1.807) is 23.0 Å². The van der Waals surface area contributed by atoms with E-state index in [2.05, 4.69) is 25.2 Å². The summed E-state index contributed by atoms with van der Waals surface area (Å²) in [6, 6.07) is 8.88. The first-order valence-electron chi connectivity index (χ1n) is 12.5. The fourth-order valence-electron chi connectivity index (χ4n) is 5.74. The number of nitrogens with one attached hydrogen (secondary N) is 2. The summed E-state index contributed by atoms with van der Waals surface area (Å²) in [7, 11) is 0. The molecule has 5 heterocycles. The SMILES string of the molecule is OC1CC2CC[C@H](C1)N2c1nc(NCc2nc3c(F)c(F)ccc3[nH]2)c2ncn(-c3cccc(F)c3)c2n1. The third-order valence-electron chi connectivity index (χ3n) is 7.43. The molecule has 0 saturated carbocycles. The zero-order chi connectivity index (χ0) is 26.0. The van der Waals surface area contributed by atoms with Gasteiger partial charge in [0.15, 0.2) is 28.6 Å². The van der Waals surface area contributed by atoms with Crippen LogP contribution in [0, 0.1) is 17.5 Å². The van der Waals surface area contributed by atoms with Gasteiger partial charge in [-0.1, -0.05) is 6.07 Å². The van der Waals surface area contributed by atoms with Crippen molar-refractivity contribution < 1.29 is 18.3 Å². The van der Waals surface area contributed by atoms with Crippen LogP contribution in [0.3, 0.4) is 0 Å². The average molecular weight is 521 g/mol. The number of H-pyrrole nitrogens is 1. The summed E-state index contributed by atoms with van der Waals surface area (Å²) >= 11 is 0. The quantitative estimate of drug-likeness (QED) is 0.319. The predicted molar refractivity (Wildman–Crippen MR) is 134 cm³/mol. The number of hydrogen-bond donors (Lipinski definition) is 3. The molecule has 5 aromatic rings. The molecule has 2 aliphatic heterocycles. The van der Waals surface area contributed by atoms with Crippen LogP contribution in [0.5, 0.6) is 0 Å². The Morgan fingerprint density at radius 1 is 1.00 bits per heavy atom. The molecule has 38 heavy (non-hydrogen) atoms. The zero-order valence-corrected chi connectivity index (χ0v) is 20.1. The van der Waals surface area contributed by atoms with Crippen LogP contribution in [0.25, 0.3) is 27.9 Å². The summed E-state index contributed by atoms with van der Waals surface area (Å²) in [5.74, 6) is -1.03. The summed E-state index contributed by atoms with van der Waals surface area (Å²) in [5.41, 5.74) is 1.83. The fraction of sp³-hybridized carbons (Fsp3) is 0.308. The molecule has 2 aliphatic rings. The highest BCUT2D eigenvalue weighted by Gasteiger charge is 2.42. The first kappa shape index (κ1) is 23.0. The van der Waals surface area contributed by atoms with Gasteiger partial charge in [0.1, 0.15) is 23.5 Å². The van der Waals surface area contributed by atoms with Gasteiger partial charge < -0.3 is 20.3 Å². The maximum Gasteiger partial charge on any atom is 0.229 e. The standard InChI is InChI=1S/C26H23F3N8O/c27-13-2-1-3-14(8-13)36-12-31-23-24(30-11-20-32-19-7-6-18(28)21(29)22(19)33-20)34-26(35-25(23)36)37-15-4-5-16(37)10-17(38)9-15/h1-3,6-8,12,15-17,38H,4-5,9-11H2,(H,32,33)(H,30,34,35)/t15-,16?,17?/m1/s1. The molecule has 2 aromatic carbocycles. The Morgan fingerprint density at radius 3 is 2.61 bits per heavy atom. The lowest BCUT2D eigenvalue weighted by Crippen LogP contribution is -2.45. The van der Waals surface area contributed by atoms with Gasteiger partial charge in [0.05, 0.1) is 23.9 Å². The van der Waals surface area contributed by atoms with E-state index in [-0.39, 0.29) is 36.1 Å². The maximum atomic E-state index is 14.2. The van der Waals surface area contributed by atoms with E-state index in [0.29, 0.717) is 52.8 Å². The molecule has 0 aliphatic carbocycles. The fourth-order valence-corrected chi connectivity index (χ4v) is 5.74. The van der Waals surface area contributed by atoms with Gasteiger partial charge >= 0.3 is 0 Å². The van der Waals surface area contributed by atoms with Crippen molar-refractivity contribution in [3.05, 3.63) is 66.0 Å². The van der Waals surface area contributed by atoms with Crippen molar-refractivity contribution in [1.82, 2.24) is 29.5 Å². The van der Waals surface area contributed by atoms with Crippen molar-refractivity contribution >= 4 is 34.0 Å². The van der Waals surface area contributed by atoms with Crippen LogP contribution >= 0.6 is 0 Å². The third-order valence-corrected chi connectivity index (χ3v) is 7.43. The monoisotopic (exact) mass is 520 g/mol. The smallest absolute Gasteiger partial charge is 0.229 e. The average Bonchev–Trinajstić information content (AvgIpc) is 3.59. The summed E-state index contributed by atoms with van der Waals surface area (Å²) in [5, 5.41) is 13.5. The van der Waals surface area contributed by atoms with E-state index in [1.165, 1.54) is 18.2 Å². The lowest BCUT2D eigenvalue weighted by Gasteiger charge is -2.37. The van der Waals surface area contributed by atoms with Crippen LogP contribution in [0.1, 0.15) is 31.5 Å². The van der Waals surface area contributed by atoms with Gasteiger partial charge in [-0.15, -0.1) is 0 Å². The molecule has 3 aromatic heterocycles. The molecule has 7 rings (SSSR count). The highest BCUT2D eigenvalue weighted by molar-refractivity contribution is 5.86. The number of anilines is 2. The van der Waals surface area contributed by atoms with Gasteiger partial charge in [-0.2, -0.15) is 9.97 Å². The van der Waals surface area contributed by atoms with Gasteiger partial charge in [-0.25, -0.2) is 23.1 Å².